The van der Waals surface area contributed by atoms with Crippen molar-refractivity contribution in [3.05, 3.63) is 71.8 Å². The summed E-state index contributed by atoms with van der Waals surface area (Å²) in [5.74, 6) is 0. The van der Waals surface area contributed by atoms with Gasteiger partial charge in [-0.2, -0.15) is 0 Å². The van der Waals surface area contributed by atoms with Crippen LogP contribution in [0.5, 0.6) is 0 Å². The molecular formula is C14H14Ti+2. The van der Waals surface area contributed by atoms with Gasteiger partial charge in [-0.05, 0) is 0 Å². The molecule has 0 aliphatic rings. The zero-order valence-electron chi connectivity index (χ0n) is 8.69. The number of hydrogen-bond donors (Lipinski definition) is 0. The zero-order valence-corrected chi connectivity index (χ0v) is 10.2. The fraction of sp³-hybridized carbons (Fsp3) is 0.143. The molecule has 2 aromatic rings. The van der Waals surface area contributed by atoms with Gasteiger partial charge in [-0.3, -0.25) is 0 Å². The van der Waals surface area contributed by atoms with Crippen LogP contribution in [0.1, 0.15) is 11.1 Å². The van der Waals surface area contributed by atoms with E-state index in [0.717, 1.165) is 0 Å². The molecule has 2 aromatic carbocycles. The number of rotatable bonds is 4. The van der Waals surface area contributed by atoms with Crippen molar-refractivity contribution in [2.75, 3.05) is 0 Å². The van der Waals surface area contributed by atoms with Crippen LogP contribution in [0.15, 0.2) is 60.7 Å². The van der Waals surface area contributed by atoms with Crippen LogP contribution in [0.2, 0.25) is 0 Å². The molecular weight excluding hydrogens is 216 g/mol. The molecule has 0 aliphatic heterocycles. The maximum atomic E-state index is 2.23. The summed E-state index contributed by atoms with van der Waals surface area (Å²) in [5.41, 5.74) is 2.99. The predicted molar refractivity (Wildman–Crippen MR) is 60.3 cm³/mol. The third-order valence-electron chi connectivity index (χ3n) is 2.34. The van der Waals surface area contributed by atoms with E-state index in [9.17, 15) is 0 Å². The van der Waals surface area contributed by atoms with Crippen LogP contribution in [0.25, 0.3) is 0 Å². The van der Waals surface area contributed by atoms with Gasteiger partial charge in [-0.15, -0.1) is 0 Å². The molecule has 0 fully saturated rings. The van der Waals surface area contributed by atoms with E-state index < -0.39 is 0 Å². The van der Waals surface area contributed by atoms with Crippen molar-refractivity contribution in [1.29, 1.82) is 0 Å². The normalized spacial score (nSPS) is 9.60. The van der Waals surface area contributed by atoms with Crippen LogP contribution in [0.4, 0.5) is 0 Å². The molecule has 0 bridgehead atoms. The first kappa shape index (κ1) is 10.7. The molecule has 0 radical (unpaired) electrons. The van der Waals surface area contributed by atoms with Gasteiger partial charge in [-0.1, -0.05) is 0 Å². The van der Waals surface area contributed by atoms with Crippen LogP contribution < -0.4 is 0 Å². The summed E-state index contributed by atoms with van der Waals surface area (Å²) < 4.78 is 2.60. The molecule has 0 heterocycles. The van der Waals surface area contributed by atoms with Gasteiger partial charge in [0.1, 0.15) is 0 Å². The van der Waals surface area contributed by atoms with Gasteiger partial charge in [0, 0.05) is 0 Å². The molecule has 0 aliphatic carbocycles. The Balaban J connectivity index is 1.81. The topological polar surface area (TPSA) is 0 Å². The minimum absolute atomic E-state index is 0.136. The van der Waals surface area contributed by atoms with Gasteiger partial charge in [0.25, 0.3) is 0 Å². The summed E-state index contributed by atoms with van der Waals surface area (Å²) in [6.07, 6.45) is 0. The first-order chi connectivity index (χ1) is 7.45. The molecule has 2 rings (SSSR count). The van der Waals surface area contributed by atoms with Gasteiger partial charge in [0.15, 0.2) is 0 Å². The molecule has 0 unspecified atom stereocenters. The van der Waals surface area contributed by atoms with Gasteiger partial charge in [0.2, 0.25) is 0 Å². The fourth-order valence-corrected chi connectivity index (χ4v) is 3.38. The van der Waals surface area contributed by atoms with E-state index in [4.69, 9.17) is 0 Å². The molecule has 0 nitrogen and oxygen atoms in total. The van der Waals surface area contributed by atoms with E-state index in [1.807, 2.05) is 0 Å². The average Bonchev–Trinajstić information content (AvgIpc) is 2.32. The van der Waals surface area contributed by atoms with E-state index in [1.54, 1.807) is 0 Å². The quantitative estimate of drug-likeness (QED) is 0.705. The molecule has 1 heteroatoms. The third-order valence-corrected chi connectivity index (χ3v) is 4.40. The van der Waals surface area contributed by atoms with Gasteiger partial charge >= 0.3 is 100 Å². The Morgan fingerprint density at radius 1 is 0.600 bits per heavy atom. The molecule has 0 aromatic heterocycles. The van der Waals surface area contributed by atoms with Crippen LogP contribution in [-0.4, -0.2) is 0 Å². The number of benzene rings is 2. The van der Waals surface area contributed by atoms with Crippen LogP contribution in [-0.2, 0) is 28.6 Å². The van der Waals surface area contributed by atoms with Gasteiger partial charge in [-0.25, -0.2) is 0 Å². The summed E-state index contributed by atoms with van der Waals surface area (Å²) in [4.78, 5) is 0. The SMILES string of the molecule is c1ccc([CH2][Ti+2][CH2]c2ccccc2)cc1. The second kappa shape index (κ2) is 5.90. The van der Waals surface area contributed by atoms with E-state index in [-0.39, 0.29) is 19.2 Å². The first-order valence-corrected chi connectivity index (χ1v) is 7.44. The molecule has 0 amide bonds. The van der Waals surface area contributed by atoms with Gasteiger partial charge in [0.05, 0.1) is 0 Å². The molecule has 15 heavy (non-hydrogen) atoms. The van der Waals surface area contributed by atoms with Crippen molar-refractivity contribution in [1.82, 2.24) is 0 Å². The van der Waals surface area contributed by atoms with Crippen LogP contribution in [0, 0.1) is 0 Å². The third kappa shape index (κ3) is 3.66. The minimum atomic E-state index is 0.136. The summed E-state index contributed by atoms with van der Waals surface area (Å²) >= 11 is 0.136. The average molecular weight is 230 g/mol. The van der Waals surface area contributed by atoms with E-state index in [1.165, 1.54) is 20.6 Å². The summed E-state index contributed by atoms with van der Waals surface area (Å²) in [6.45, 7) is 0. The Hall–Kier alpha value is -0.846. The Labute approximate surface area is 100 Å². The van der Waals surface area contributed by atoms with E-state index in [0.29, 0.717) is 0 Å². The van der Waals surface area contributed by atoms with Gasteiger partial charge < -0.3 is 0 Å². The molecule has 0 N–H and O–H groups in total. The number of hydrogen-bond acceptors (Lipinski definition) is 0. The Morgan fingerprint density at radius 2 is 1.00 bits per heavy atom. The first-order valence-electron chi connectivity index (χ1n) is 5.24. The van der Waals surface area contributed by atoms with Crippen molar-refractivity contribution >= 4 is 0 Å². The monoisotopic (exact) mass is 230 g/mol. The van der Waals surface area contributed by atoms with E-state index in [2.05, 4.69) is 60.7 Å². The Kier molecular flexibility index (Phi) is 4.19. The van der Waals surface area contributed by atoms with Crippen molar-refractivity contribution < 1.29 is 19.2 Å². The van der Waals surface area contributed by atoms with Crippen molar-refractivity contribution in [3.63, 3.8) is 0 Å². The summed E-state index contributed by atoms with van der Waals surface area (Å²) in [6, 6.07) is 21.6. The van der Waals surface area contributed by atoms with Crippen LogP contribution in [0.3, 0.4) is 0 Å². The van der Waals surface area contributed by atoms with Crippen molar-refractivity contribution in [2.45, 2.75) is 9.45 Å². The van der Waals surface area contributed by atoms with Crippen molar-refractivity contribution in [3.8, 4) is 0 Å². The molecule has 0 atom stereocenters. The molecule has 0 saturated heterocycles. The second-order valence-corrected chi connectivity index (χ2v) is 5.46. The standard InChI is InChI=1S/2C7H7.Ti/c2*1-7-5-3-2-4-6-7;/h2*2-6H,1H2;/q;;+2. The Bertz CT molecular complexity index is 341. The fourth-order valence-electron chi connectivity index (χ4n) is 1.54. The van der Waals surface area contributed by atoms with Crippen molar-refractivity contribution in [2.24, 2.45) is 0 Å². The Morgan fingerprint density at radius 3 is 1.40 bits per heavy atom. The second-order valence-electron chi connectivity index (χ2n) is 3.57. The predicted octanol–water partition coefficient (Wildman–Crippen LogP) is 3.47. The molecule has 72 valence electrons. The summed E-state index contributed by atoms with van der Waals surface area (Å²) in [7, 11) is 0. The van der Waals surface area contributed by atoms with E-state index >= 15 is 0 Å². The zero-order chi connectivity index (χ0) is 10.3. The summed E-state index contributed by atoms with van der Waals surface area (Å²) in [5, 5.41) is 0. The molecule has 0 spiro atoms. The van der Waals surface area contributed by atoms with Crippen LogP contribution >= 0.6 is 0 Å². The maximum absolute atomic E-state index is 2.23. The molecule has 0 saturated carbocycles.